The molecule has 0 saturated heterocycles. The van der Waals surface area contributed by atoms with Gasteiger partial charge in [0, 0.05) is 32.4 Å². The number of likely N-dealkylation sites (N-methyl/N-ethyl adjacent to an activating group) is 1. The molecular weight excluding hydrogens is 306 g/mol. The summed E-state index contributed by atoms with van der Waals surface area (Å²) in [5.74, 6) is 0.565. The van der Waals surface area contributed by atoms with Crippen molar-refractivity contribution in [2.45, 2.75) is 6.54 Å². The molecule has 0 aliphatic carbocycles. The van der Waals surface area contributed by atoms with Crippen molar-refractivity contribution in [3.8, 4) is 5.75 Å². The number of aryl methyl sites for hydroxylation is 1. The van der Waals surface area contributed by atoms with Gasteiger partial charge in [0.25, 0.3) is 5.91 Å². The fraction of sp³-hybridized carbons (Fsp3) is 0.333. The lowest BCUT2D eigenvalue weighted by Crippen LogP contribution is -2.25. The summed E-state index contributed by atoms with van der Waals surface area (Å²) in [5.41, 5.74) is 1.26. The van der Waals surface area contributed by atoms with Gasteiger partial charge in [0.05, 0.1) is 5.56 Å². The molecule has 0 atom stereocenters. The lowest BCUT2D eigenvalue weighted by Gasteiger charge is -2.12. The van der Waals surface area contributed by atoms with Gasteiger partial charge in [-0.15, -0.1) is 0 Å². The van der Waals surface area contributed by atoms with Crippen LogP contribution in [0.15, 0.2) is 47.4 Å². The van der Waals surface area contributed by atoms with Crippen LogP contribution >= 0.6 is 0 Å². The largest absolute Gasteiger partial charge is 0.492 e. The Kier molecular flexibility index (Phi) is 6.14. The quantitative estimate of drug-likeness (QED) is 0.830. The monoisotopic (exact) mass is 329 g/mol. The van der Waals surface area contributed by atoms with Crippen LogP contribution in [0.1, 0.15) is 15.9 Å². The number of hydrogen-bond acceptors (Lipinski definition) is 4. The average Bonchev–Trinajstić information content (AvgIpc) is 2.55. The molecular formula is C18H23N3O3. The zero-order chi connectivity index (χ0) is 17.5. The molecule has 2 rings (SSSR count). The van der Waals surface area contributed by atoms with E-state index in [2.05, 4.69) is 10.2 Å². The molecule has 1 amide bonds. The summed E-state index contributed by atoms with van der Waals surface area (Å²) >= 11 is 0. The highest BCUT2D eigenvalue weighted by Crippen LogP contribution is 2.13. The van der Waals surface area contributed by atoms with Crippen molar-refractivity contribution in [2.24, 2.45) is 7.05 Å². The number of hydrogen-bond donors (Lipinski definition) is 1. The summed E-state index contributed by atoms with van der Waals surface area (Å²) < 4.78 is 7.07. The van der Waals surface area contributed by atoms with E-state index in [4.69, 9.17) is 4.74 Å². The molecule has 0 unspecified atom stereocenters. The number of rotatable bonds is 7. The first-order valence-electron chi connectivity index (χ1n) is 7.77. The third-order valence-electron chi connectivity index (χ3n) is 3.51. The Morgan fingerprint density at radius 3 is 2.75 bits per heavy atom. The maximum Gasteiger partial charge on any atom is 0.253 e. The second kappa shape index (κ2) is 8.31. The number of carbonyl (C=O) groups is 1. The molecule has 24 heavy (non-hydrogen) atoms. The number of aromatic nitrogens is 1. The molecule has 0 spiro atoms. The average molecular weight is 329 g/mol. The number of pyridine rings is 1. The third kappa shape index (κ3) is 5.24. The van der Waals surface area contributed by atoms with Crippen LogP contribution in [0.4, 0.5) is 0 Å². The first-order chi connectivity index (χ1) is 11.5. The molecule has 2 aromatic rings. The van der Waals surface area contributed by atoms with Gasteiger partial charge in [0.1, 0.15) is 12.4 Å². The van der Waals surface area contributed by atoms with Crippen LogP contribution < -0.4 is 15.6 Å². The van der Waals surface area contributed by atoms with E-state index in [0.717, 1.165) is 17.9 Å². The Morgan fingerprint density at radius 1 is 1.25 bits per heavy atom. The summed E-state index contributed by atoms with van der Waals surface area (Å²) in [4.78, 5) is 25.6. The zero-order valence-corrected chi connectivity index (χ0v) is 14.3. The summed E-state index contributed by atoms with van der Waals surface area (Å²) in [6.45, 7) is 1.85. The summed E-state index contributed by atoms with van der Waals surface area (Å²) in [6.07, 6.45) is 1.53. The highest BCUT2D eigenvalue weighted by Gasteiger charge is 2.07. The minimum absolute atomic E-state index is 0.144. The van der Waals surface area contributed by atoms with Gasteiger partial charge in [-0.3, -0.25) is 9.59 Å². The molecule has 6 nitrogen and oxygen atoms in total. The predicted octanol–water partition coefficient (Wildman–Crippen LogP) is 1.26. The molecule has 1 aromatic heterocycles. The van der Waals surface area contributed by atoms with E-state index in [1.165, 1.54) is 22.9 Å². The number of ether oxygens (including phenoxy) is 1. The van der Waals surface area contributed by atoms with Crippen molar-refractivity contribution < 1.29 is 9.53 Å². The zero-order valence-electron chi connectivity index (χ0n) is 14.3. The Hall–Kier alpha value is -2.60. The van der Waals surface area contributed by atoms with E-state index in [1.54, 1.807) is 7.05 Å². The van der Waals surface area contributed by atoms with E-state index in [1.807, 2.05) is 38.4 Å². The normalized spacial score (nSPS) is 10.7. The van der Waals surface area contributed by atoms with Crippen LogP contribution in [0.3, 0.4) is 0 Å². The van der Waals surface area contributed by atoms with Gasteiger partial charge in [-0.25, -0.2) is 0 Å². The van der Waals surface area contributed by atoms with Gasteiger partial charge in [-0.05, 0) is 37.9 Å². The molecule has 0 aliphatic rings. The molecule has 0 bridgehead atoms. The second-order valence-electron chi connectivity index (χ2n) is 5.85. The lowest BCUT2D eigenvalue weighted by atomic mass is 10.2. The van der Waals surface area contributed by atoms with E-state index >= 15 is 0 Å². The minimum atomic E-state index is -0.218. The van der Waals surface area contributed by atoms with Crippen molar-refractivity contribution in [3.63, 3.8) is 0 Å². The van der Waals surface area contributed by atoms with Crippen molar-refractivity contribution >= 4 is 5.91 Å². The molecule has 0 radical (unpaired) electrons. The highest BCUT2D eigenvalue weighted by molar-refractivity contribution is 5.93. The topological polar surface area (TPSA) is 63.6 Å². The number of benzene rings is 1. The van der Waals surface area contributed by atoms with E-state index in [0.29, 0.717) is 18.7 Å². The molecule has 0 saturated carbocycles. The lowest BCUT2D eigenvalue weighted by molar-refractivity contribution is 0.0950. The van der Waals surface area contributed by atoms with E-state index in [-0.39, 0.29) is 11.5 Å². The fourth-order valence-electron chi connectivity index (χ4n) is 2.10. The van der Waals surface area contributed by atoms with Crippen LogP contribution in [-0.2, 0) is 13.6 Å². The van der Waals surface area contributed by atoms with Crippen molar-refractivity contribution in [3.05, 3.63) is 64.1 Å². The van der Waals surface area contributed by atoms with Gasteiger partial charge in [-0.2, -0.15) is 0 Å². The van der Waals surface area contributed by atoms with Crippen LogP contribution in [0.2, 0.25) is 0 Å². The van der Waals surface area contributed by atoms with Crippen LogP contribution in [0.25, 0.3) is 0 Å². The maximum absolute atomic E-state index is 12.2. The Balaban J connectivity index is 1.92. The van der Waals surface area contributed by atoms with Crippen molar-refractivity contribution in [1.82, 2.24) is 14.8 Å². The summed E-state index contributed by atoms with van der Waals surface area (Å²) in [6, 6.07) is 10.6. The van der Waals surface area contributed by atoms with Gasteiger partial charge in [0.15, 0.2) is 0 Å². The molecule has 1 aromatic carbocycles. The number of amides is 1. The molecule has 1 N–H and O–H groups in total. The molecule has 0 aliphatic heterocycles. The second-order valence-corrected chi connectivity index (χ2v) is 5.85. The SMILES string of the molecule is CN(C)CCOc1cccc(CNC(=O)c2ccc(=O)n(C)c2)c1. The molecule has 1 heterocycles. The third-order valence-corrected chi connectivity index (χ3v) is 3.51. The van der Waals surface area contributed by atoms with Gasteiger partial charge in [0.2, 0.25) is 5.56 Å². The van der Waals surface area contributed by atoms with Crippen LogP contribution in [-0.4, -0.2) is 42.6 Å². The summed E-state index contributed by atoms with van der Waals surface area (Å²) in [7, 11) is 5.61. The maximum atomic E-state index is 12.2. The van der Waals surface area contributed by atoms with Gasteiger partial charge < -0.3 is 19.5 Å². The molecule has 0 fully saturated rings. The Bertz CT molecular complexity index is 753. The van der Waals surface area contributed by atoms with Crippen molar-refractivity contribution in [1.29, 1.82) is 0 Å². The number of carbonyl (C=O) groups excluding carboxylic acids is 1. The van der Waals surface area contributed by atoms with Crippen LogP contribution in [0, 0.1) is 0 Å². The van der Waals surface area contributed by atoms with Crippen molar-refractivity contribution in [2.75, 3.05) is 27.2 Å². The van der Waals surface area contributed by atoms with E-state index in [9.17, 15) is 9.59 Å². The van der Waals surface area contributed by atoms with Gasteiger partial charge in [-0.1, -0.05) is 12.1 Å². The van der Waals surface area contributed by atoms with Gasteiger partial charge >= 0.3 is 0 Å². The standard InChI is InChI=1S/C18H23N3O3/c1-20(2)9-10-24-16-6-4-5-14(11-16)12-19-18(23)15-7-8-17(22)21(3)13-15/h4-8,11,13H,9-10,12H2,1-3H3,(H,19,23). The Morgan fingerprint density at radius 2 is 2.04 bits per heavy atom. The fourth-order valence-corrected chi connectivity index (χ4v) is 2.10. The highest BCUT2D eigenvalue weighted by atomic mass is 16.5. The van der Waals surface area contributed by atoms with E-state index < -0.39 is 0 Å². The molecule has 6 heteroatoms. The number of nitrogens with zero attached hydrogens (tertiary/aromatic N) is 2. The first kappa shape index (κ1) is 17.7. The first-order valence-corrected chi connectivity index (χ1v) is 7.77. The minimum Gasteiger partial charge on any atom is -0.492 e. The molecule has 128 valence electrons. The predicted molar refractivity (Wildman–Crippen MR) is 93.3 cm³/mol. The number of nitrogens with one attached hydrogen (secondary N) is 1. The summed E-state index contributed by atoms with van der Waals surface area (Å²) in [5, 5.41) is 2.85. The smallest absolute Gasteiger partial charge is 0.253 e. The van der Waals surface area contributed by atoms with Crippen LogP contribution in [0.5, 0.6) is 5.75 Å². The Labute approximate surface area is 141 Å².